The van der Waals surface area contributed by atoms with Crippen LogP contribution in [0.5, 0.6) is 0 Å². The number of nitrogens with zero attached hydrogens (tertiary/aromatic N) is 1. The third-order valence-corrected chi connectivity index (χ3v) is 4.05. The summed E-state index contributed by atoms with van der Waals surface area (Å²) in [6, 6.07) is 3.86. The molecule has 0 aromatic heterocycles. The maximum absolute atomic E-state index is 13.1. The van der Waals surface area contributed by atoms with Crippen LogP contribution in [0, 0.1) is 11.6 Å². The Balaban J connectivity index is 1.87. The molecule has 1 saturated carbocycles. The highest BCUT2D eigenvalue weighted by Crippen LogP contribution is 2.24. The molecular weight excluding hydrogens is 246 g/mol. The van der Waals surface area contributed by atoms with Gasteiger partial charge in [-0.3, -0.25) is 0 Å². The van der Waals surface area contributed by atoms with Crippen LogP contribution < -0.4 is 5.73 Å². The number of nitrogens with two attached hydrogens (primary N) is 1. The van der Waals surface area contributed by atoms with Crippen LogP contribution in [0.15, 0.2) is 18.2 Å². The molecule has 1 aromatic carbocycles. The van der Waals surface area contributed by atoms with Gasteiger partial charge < -0.3 is 10.6 Å². The van der Waals surface area contributed by atoms with E-state index >= 15 is 0 Å². The van der Waals surface area contributed by atoms with E-state index in [0.29, 0.717) is 11.6 Å². The van der Waals surface area contributed by atoms with Gasteiger partial charge in [0.15, 0.2) is 0 Å². The van der Waals surface area contributed by atoms with E-state index in [0.717, 1.165) is 19.0 Å². The average Bonchev–Trinajstić information content (AvgIpc) is 2.88. The number of hydrogen-bond acceptors (Lipinski definition) is 2. The minimum absolute atomic E-state index is 0.311. The summed E-state index contributed by atoms with van der Waals surface area (Å²) in [5.41, 5.74) is 6.56. The van der Waals surface area contributed by atoms with Crippen molar-refractivity contribution in [1.82, 2.24) is 4.90 Å². The molecule has 1 atom stereocenters. The SMILES string of the molecule is CN(CCC(N)c1cc(F)cc(F)c1)C1CCCC1. The largest absolute Gasteiger partial charge is 0.324 e. The monoisotopic (exact) mass is 268 g/mol. The normalized spacial score (nSPS) is 18.2. The van der Waals surface area contributed by atoms with Crippen molar-refractivity contribution in [3.05, 3.63) is 35.4 Å². The third kappa shape index (κ3) is 3.98. The van der Waals surface area contributed by atoms with E-state index in [4.69, 9.17) is 5.73 Å². The molecule has 2 nitrogen and oxygen atoms in total. The molecule has 1 aliphatic rings. The zero-order valence-electron chi connectivity index (χ0n) is 11.4. The second kappa shape index (κ2) is 6.44. The molecule has 19 heavy (non-hydrogen) atoms. The lowest BCUT2D eigenvalue weighted by atomic mass is 10.0. The van der Waals surface area contributed by atoms with Crippen LogP contribution >= 0.6 is 0 Å². The van der Waals surface area contributed by atoms with E-state index in [9.17, 15) is 8.78 Å². The molecule has 1 fully saturated rings. The van der Waals surface area contributed by atoms with Gasteiger partial charge in [0.25, 0.3) is 0 Å². The first-order chi connectivity index (χ1) is 9.06. The fourth-order valence-corrected chi connectivity index (χ4v) is 2.83. The van der Waals surface area contributed by atoms with Gasteiger partial charge in [-0.25, -0.2) is 8.78 Å². The number of benzene rings is 1. The van der Waals surface area contributed by atoms with Crippen molar-refractivity contribution in [3.63, 3.8) is 0 Å². The summed E-state index contributed by atoms with van der Waals surface area (Å²) >= 11 is 0. The molecular formula is C15H22F2N2. The van der Waals surface area contributed by atoms with Crippen LogP contribution in [0.3, 0.4) is 0 Å². The summed E-state index contributed by atoms with van der Waals surface area (Å²) in [6.07, 6.45) is 5.82. The van der Waals surface area contributed by atoms with Crippen molar-refractivity contribution < 1.29 is 8.78 Å². The molecule has 0 bridgehead atoms. The topological polar surface area (TPSA) is 29.3 Å². The molecule has 0 radical (unpaired) electrons. The summed E-state index contributed by atoms with van der Waals surface area (Å²) in [5.74, 6) is -1.12. The molecule has 0 spiro atoms. The van der Waals surface area contributed by atoms with E-state index in [1.165, 1.54) is 37.8 Å². The number of rotatable bonds is 5. The van der Waals surface area contributed by atoms with Crippen molar-refractivity contribution in [3.8, 4) is 0 Å². The predicted molar refractivity (Wildman–Crippen MR) is 72.8 cm³/mol. The lowest BCUT2D eigenvalue weighted by Gasteiger charge is -2.25. The first-order valence-electron chi connectivity index (χ1n) is 6.98. The van der Waals surface area contributed by atoms with Crippen LogP contribution in [0.1, 0.15) is 43.7 Å². The third-order valence-electron chi connectivity index (χ3n) is 4.05. The second-order valence-corrected chi connectivity index (χ2v) is 5.52. The molecule has 4 heteroatoms. The Kier molecular flexibility index (Phi) is 4.88. The lowest BCUT2D eigenvalue weighted by Crippen LogP contribution is -2.31. The van der Waals surface area contributed by atoms with Crippen LogP contribution in [0.2, 0.25) is 0 Å². The molecule has 2 rings (SSSR count). The van der Waals surface area contributed by atoms with Crippen molar-refractivity contribution in [2.24, 2.45) is 5.73 Å². The summed E-state index contributed by atoms with van der Waals surface area (Å²) in [7, 11) is 2.11. The van der Waals surface area contributed by atoms with Crippen LogP contribution in [0.4, 0.5) is 8.78 Å². The Hall–Kier alpha value is -1.00. The van der Waals surface area contributed by atoms with Crippen molar-refractivity contribution in [1.29, 1.82) is 0 Å². The van der Waals surface area contributed by atoms with Crippen molar-refractivity contribution >= 4 is 0 Å². The van der Waals surface area contributed by atoms with Gasteiger partial charge in [0, 0.05) is 18.2 Å². The van der Waals surface area contributed by atoms with Gasteiger partial charge in [-0.05, 0) is 50.6 Å². The summed E-state index contributed by atoms with van der Waals surface area (Å²) < 4.78 is 26.3. The smallest absolute Gasteiger partial charge is 0.126 e. The van der Waals surface area contributed by atoms with Gasteiger partial charge in [-0.2, -0.15) is 0 Å². The van der Waals surface area contributed by atoms with E-state index < -0.39 is 11.6 Å². The first-order valence-corrected chi connectivity index (χ1v) is 6.98. The van der Waals surface area contributed by atoms with Crippen LogP contribution in [0.25, 0.3) is 0 Å². The summed E-state index contributed by atoms with van der Waals surface area (Å²) in [6.45, 7) is 0.865. The molecule has 0 aliphatic heterocycles. The highest BCUT2D eigenvalue weighted by molar-refractivity contribution is 5.21. The van der Waals surface area contributed by atoms with E-state index in [1.54, 1.807) is 0 Å². The molecule has 0 heterocycles. The van der Waals surface area contributed by atoms with E-state index in [2.05, 4.69) is 11.9 Å². The zero-order valence-corrected chi connectivity index (χ0v) is 11.4. The Morgan fingerprint density at radius 2 is 1.79 bits per heavy atom. The van der Waals surface area contributed by atoms with Crippen molar-refractivity contribution in [2.45, 2.75) is 44.2 Å². The van der Waals surface area contributed by atoms with Gasteiger partial charge in [0.1, 0.15) is 11.6 Å². The van der Waals surface area contributed by atoms with E-state index in [1.807, 2.05) is 0 Å². The Labute approximate surface area is 113 Å². The average molecular weight is 268 g/mol. The standard InChI is InChI=1S/C15H22F2N2/c1-19(14-4-2-3-5-14)7-6-15(18)11-8-12(16)10-13(17)9-11/h8-10,14-15H,2-7,18H2,1H3. The highest BCUT2D eigenvalue weighted by Gasteiger charge is 2.20. The van der Waals surface area contributed by atoms with Crippen molar-refractivity contribution in [2.75, 3.05) is 13.6 Å². The highest BCUT2D eigenvalue weighted by atomic mass is 19.1. The Bertz CT molecular complexity index is 396. The predicted octanol–water partition coefficient (Wildman–Crippen LogP) is 3.23. The lowest BCUT2D eigenvalue weighted by molar-refractivity contribution is 0.237. The fraction of sp³-hybridized carbons (Fsp3) is 0.600. The van der Waals surface area contributed by atoms with Gasteiger partial charge in [0.2, 0.25) is 0 Å². The Morgan fingerprint density at radius 1 is 1.21 bits per heavy atom. The molecule has 1 unspecified atom stereocenters. The summed E-state index contributed by atoms with van der Waals surface area (Å²) in [4.78, 5) is 2.32. The Morgan fingerprint density at radius 3 is 2.37 bits per heavy atom. The molecule has 0 saturated heterocycles. The number of halogens is 2. The zero-order chi connectivity index (χ0) is 13.8. The van der Waals surface area contributed by atoms with Crippen LogP contribution in [-0.4, -0.2) is 24.5 Å². The molecule has 106 valence electrons. The minimum Gasteiger partial charge on any atom is -0.324 e. The first kappa shape index (κ1) is 14.4. The quantitative estimate of drug-likeness (QED) is 0.888. The molecule has 2 N–H and O–H groups in total. The minimum atomic E-state index is -0.561. The second-order valence-electron chi connectivity index (χ2n) is 5.52. The van der Waals surface area contributed by atoms with E-state index in [-0.39, 0.29) is 6.04 Å². The molecule has 1 aliphatic carbocycles. The van der Waals surface area contributed by atoms with Gasteiger partial charge in [-0.1, -0.05) is 12.8 Å². The maximum atomic E-state index is 13.1. The van der Waals surface area contributed by atoms with Crippen LogP contribution in [-0.2, 0) is 0 Å². The van der Waals surface area contributed by atoms with Gasteiger partial charge in [-0.15, -0.1) is 0 Å². The number of hydrogen-bond donors (Lipinski definition) is 1. The molecule has 0 amide bonds. The maximum Gasteiger partial charge on any atom is 0.126 e. The fourth-order valence-electron chi connectivity index (χ4n) is 2.83. The molecule has 1 aromatic rings. The van der Waals surface area contributed by atoms with Gasteiger partial charge >= 0.3 is 0 Å². The summed E-state index contributed by atoms with van der Waals surface area (Å²) in [5, 5.41) is 0. The van der Waals surface area contributed by atoms with Gasteiger partial charge in [0.05, 0.1) is 0 Å².